The highest BCUT2D eigenvalue weighted by atomic mass is 35.6. The van der Waals surface area contributed by atoms with Crippen LogP contribution in [-0.2, 0) is 9.47 Å². The molecule has 0 bridgehead atoms. The van der Waals surface area contributed by atoms with Crippen molar-refractivity contribution < 1.29 is 19.0 Å². The minimum absolute atomic E-state index is 0.175. The van der Waals surface area contributed by atoms with E-state index in [2.05, 4.69) is 4.74 Å². The van der Waals surface area contributed by atoms with Crippen LogP contribution in [0.3, 0.4) is 0 Å². The third-order valence-corrected chi connectivity index (χ3v) is 2.79. The second-order valence-corrected chi connectivity index (χ2v) is 5.86. The Hall–Kier alpha value is -0.840. The topological polar surface area (TPSA) is 44.8 Å². The Morgan fingerprint density at radius 3 is 2.26 bits per heavy atom. The second-order valence-electron chi connectivity index (χ2n) is 3.50. The molecule has 1 atom stereocenters. The van der Waals surface area contributed by atoms with Gasteiger partial charge in [-0.15, -0.1) is 0 Å². The number of hydrogen-bond donors (Lipinski definition) is 0. The Morgan fingerprint density at radius 1 is 1.26 bits per heavy atom. The Bertz CT molecular complexity index is 414. The number of ether oxygens (including phenoxy) is 3. The van der Waals surface area contributed by atoms with E-state index >= 15 is 0 Å². The number of halogens is 3. The Morgan fingerprint density at radius 2 is 1.84 bits per heavy atom. The zero-order valence-electron chi connectivity index (χ0n) is 10.4. The summed E-state index contributed by atoms with van der Waals surface area (Å²) in [7, 11) is 1.54. The fourth-order valence-electron chi connectivity index (χ4n) is 1.35. The first kappa shape index (κ1) is 16.2. The van der Waals surface area contributed by atoms with Gasteiger partial charge < -0.3 is 14.2 Å². The number of carbonyl (C=O) groups excluding carboxylic acids is 1. The van der Waals surface area contributed by atoms with Crippen LogP contribution in [0.5, 0.6) is 5.75 Å². The maximum absolute atomic E-state index is 11.4. The molecule has 0 saturated carbocycles. The third-order valence-electron chi connectivity index (χ3n) is 2.19. The van der Waals surface area contributed by atoms with E-state index in [1.54, 1.807) is 31.2 Å². The summed E-state index contributed by atoms with van der Waals surface area (Å²) in [5.74, 6) is 0.642. The molecule has 1 rings (SSSR count). The van der Waals surface area contributed by atoms with Crippen molar-refractivity contribution >= 4 is 41.0 Å². The van der Waals surface area contributed by atoms with Gasteiger partial charge in [0.25, 0.3) is 0 Å². The van der Waals surface area contributed by atoms with E-state index < -0.39 is 16.1 Å². The van der Waals surface area contributed by atoms with E-state index in [1.807, 2.05) is 0 Å². The number of hydrogen-bond acceptors (Lipinski definition) is 4. The highest BCUT2D eigenvalue weighted by Gasteiger charge is 2.37. The molecule has 1 aromatic rings. The normalized spacial score (nSPS) is 12.7. The SMILES string of the molecule is CCOC(=O)OC(c1ccc(OC)cc1)C(Cl)(Cl)Cl. The fourth-order valence-corrected chi connectivity index (χ4v) is 1.86. The van der Waals surface area contributed by atoms with Crippen molar-refractivity contribution in [2.75, 3.05) is 13.7 Å². The van der Waals surface area contributed by atoms with Gasteiger partial charge in [0.2, 0.25) is 3.79 Å². The molecule has 0 heterocycles. The van der Waals surface area contributed by atoms with Crippen LogP contribution in [0.2, 0.25) is 0 Å². The van der Waals surface area contributed by atoms with Crippen molar-refractivity contribution in [2.45, 2.75) is 16.8 Å². The molecule has 0 amide bonds. The molecule has 106 valence electrons. The number of rotatable bonds is 4. The van der Waals surface area contributed by atoms with Crippen LogP contribution in [0.25, 0.3) is 0 Å². The summed E-state index contributed by atoms with van der Waals surface area (Å²) in [4.78, 5) is 11.4. The average Bonchev–Trinajstić information content (AvgIpc) is 2.35. The zero-order valence-corrected chi connectivity index (χ0v) is 12.6. The van der Waals surface area contributed by atoms with Crippen molar-refractivity contribution in [2.24, 2.45) is 0 Å². The maximum Gasteiger partial charge on any atom is 0.509 e. The molecule has 1 unspecified atom stereocenters. The zero-order chi connectivity index (χ0) is 14.5. The van der Waals surface area contributed by atoms with Gasteiger partial charge in [0.05, 0.1) is 13.7 Å². The minimum atomic E-state index is -1.80. The lowest BCUT2D eigenvalue weighted by Crippen LogP contribution is -2.24. The molecular formula is C12H13Cl3O4. The van der Waals surface area contributed by atoms with Gasteiger partial charge in [-0.25, -0.2) is 4.79 Å². The predicted molar refractivity (Wildman–Crippen MR) is 74.1 cm³/mol. The smallest absolute Gasteiger partial charge is 0.497 e. The van der Waals surface area contributed by atoms with Crippen molar-refractivity contribution in [1.82, 2.24) is 0 Å². The van der Waals surface area contributed by atoms with Gasteiger partial charge in [-0.2, -0.15) is 0 Å². The largest absolute Gasteiger partial charge is 0.509 e. The molecule has 0 aliphatic rings. The van der Waals surface area contributed by atoms with E-state index in [4.69, 9.17) is 44.3 Å². The van der Waals surface area contributed by atoms with Crippen LogP contribution in [-0.4, -0.2) is 23.7 Å². The fraction of sp³-hybridized carbons (Fsp3) is 0.417. The van der Waals surface area contributed by atoms with Crippen LogP contribution < -0.4 is 4.74 Å². The quantitative estimate of drug-likeness (QED) is 0.611. The minimum Gasteiger partial charge on any atom is -0.497 e. The number of benzene rings is 1. The van der Waals surface area contributed by atoms with E-state index in [-0.39, 0.29) is 6.61 Å². The summed E-state index contributed by atoms with van der Waals surface area (Å²) in [5, 5.41) is 0. The summed E-state index contributed by atoms with van der Waals surface area (Å²) in [6, 6.07) is 6.63. The van der Waals surface area contributed by atoms with Crippen LogP contribution in [0.4, 0.5) is 4.79 Å². The summed E-state index contributed by atoms with van der Waals surface area (Å²) in [6.45, 7) is 1.83. The first-order valence-electron chi connectivity index (χ1n) is 5.42. The van der Waals surface area contributed by atoms with Gasteiger partial charge in [0, 0.05) is 0 Å². The molecule has 7 heteroatoms. The number of methoxy groups -OCH3 is 1. The lowest BCUT2D eigenvalue weighted by atomic mass is 10.1. The molecule has 0 fully saturated rings. The number of carbonyl (C=O) groups is 1. The predicted octanol–water partition coefficient (Wildman–Crippen LogP) is 4.28. The lowest BCUT2D eigenvalue weighted by Gasteiger charge is -2.24. The Labute approximate surface area is 126 Å². The van der Waals surface area contributed by atoms with Crippen LogP contribution in [0.15, 0.2) is 24.3 Å². The Balaban J connectivity index is 2.93. The second kappa shape index (κ2) is 7.08. The van der Waals surface area contributed by atoms with E-state index in [9.17, 15) is 4.79 Å². The van der Waals surface area contributed by atoms with Gasteiger partial charge in [0.1, 0.15) is 5.75 Å². The van der Waals surface area contributed by atoms with Crippen LogP contribution in [0.1, 0.15) is 18.6 Å². The first-order valence-corrected chi connectivity index (χ1v) is 6.56. The van der Waals surface area contributed by atoms with E-state index in [0.29, 0.717) is 11.3 Å². The highest BCUT2D eigenvalue weighted by Crippen LogP contribution is 2.42. The van der Waals surface area contributed by atoms with Crippen molar-refractivity contribution in [1.29, 1.82) is 0 Å². The molecular weight excluding hydrogens is 314 g/mol. The monoisotopic (exact) mass is 326 g/mol. The summed E-state index contributed by atoms with van der Waals surface area (Å²) < 4.78 is 12.9. The molecule has 0 aliphatic heterocycles. The molecule has 0 N–H and O–H groups in total. The van der Waals surface area contributed by atoms with Crippen LogP contribution in [0, 0.1) is 0 Å². The van der Waals surface area contributed by atoms with E-state index in [0.717, 1.165) is 0 Å². The van der Waals surface area contributed by atoms with Gasteiger partial charge in [0.15, 0.2) is 6.10 Å². The molecule has 19 heavy (non-hydrogen) atoms. The molecule has 0 radical (unpaired) electrons. The molecule has 0 spiro atoms. The summed E-state index contributed by atoms with van der Waals surface area (Å²) in [5.41, 5.74) is 0.522. The standard InChI is InChI=1S/C12H13Cl3O4/c1-3-18-11(16)19-10(12(13,14)15)8-4-6-9(17-2)7-5-8/h4-7,10H,3H2,1-2H3. The Kier molecular flexibility index (Phi) is 6.04. The van der Waals surface area contributed by atoms with Crippen LogP contribution >= 0.6 is 34.8 Å². The first-order chi connectivity index (χ1) is 8.88. The average molecular weight is 328 g/mol. The third kappa shape index (κ3) is 4.97. The van der Waals surface area contributed by atoms with Gasteiger partial charge in [-0.3, -0.25) is 0 Å². The maximum atomic E-state index is 11.4. The van der Waals surface area contributed by atoms with E-state index in [1.165, 1.54) is 7.11 Å². The van der Waals surface area contributed by atoms with Gasteiger partial charge in [-0.05, 0) is 24.6 Å². The van der Waals surface area contributed by atoms with Crippen molar-refractivity contribution in [3.05, 3.63) is 29.8 Å². The summed E-state index contributed by atoms with van der Waals surface area (Å²) in [6.07, 6.45) is -1.96. The van der Waals surface area contributed by atoms with Crippen molar-refractivity contribution in [3.8, 4) is 5.75 Å². The highest BCUT2D eigenvalue weighted by molar-refractivity contribution is 6.68. The molecule has 1 aromatic carbocycles. The number of alkyl halides is 3. The summed E-state index contributed by atoms with van der Waals surface area (Å²) >= 11 is 17.5. The lowest BCUT2D eigenvalue weighted by molar-refractivity contribution is 0.0267. The molecule has 0 aromatic heterocycles. The van der Waals surface area contributed by atoms with Gasteiger partial charge >= 0.3 is 6.16 Å². The molecule has 0 saturated heterocycles. The molecule has 0 aliphatic carbocycles. The van der Waals surface area contributed by atoms with Gasteiger partial charge in [-0.1, -0.05) is 46.9 Å². The van der Waals surface area contributed by atoms with Crippen molar-refractivity contribution in [3.63, 3.8) is 0 Å². The molecule has 4 nitrogen and oxygen atoms in total.